The summed E-state index contributed by atoms with van der Waals surface area (Å²) >= 11 is 4.03. The van der Waals surface area contributed by atoms with Gasteiger partial charge in [-0.3, -0.25) is 4.21 Å². The van der Waals surface area contributed by atoms with Crippen LogP contribution in [0.15, 0.2) is 48.7 Å². The number of hydrogen-bond donors (Lipinski definition) is 4. The number of hydrogen-bond acceptors (Lipinski definition) is 9. The zero-order chi connectivity index (χ0) is 27.9. The number of halogens is 1. The van der Waals surface area contributed by atoms with Crippen LogP contribution < -0.4 is 25.4 Å². The molecule has 2 fully saturated rings. The third-order valence-electron chi connectivity index (χ3n) is 7.69. The lowest BCUT2D eigenvalue weighted by Gasteiger charge is -2.39. The number of likely N-dealkylation sites (tertiary alicyclic amines) is 1. The van der Waals surface area contributed by atoms with Gasteiger partial charge in [-0.1, -0.05) is 35.9 Å². The Hall–Kier alpha value is -2.80. The van der Waals surface area contributed by atoms with Crippen molar-refractivity contribution in [3.05, 3.63) is 64.8 Å². The molecule has 0 spiro atoms. The Balaban J connectivity index is 1.26. The van der Waals surface area contributed by atoms with Crippen molar-refractivity contribution in [1.29, 1.82) is 0 Å². The van der Waals surface area contributed by atoms with Crippen molar-refractivity contribution >= 4 is 46.0 Å². The van der Waals surface area contributed by atoms with Crippen LogP contribution in [0.1, 0.15) is 42.7 Å². The Morgan fingerprint density at radius 2 is 1.88 bits per heavy atom. The number of benzene rings is 2. The van der Waals surface area contributed by atoms with Gasteiger partial charge in [-0.2, -0.15) is 4.98 Å². The standard InChI is InChI=1S/C28H36ClN7O3S/c1-39-26-16-20(19-10-14-36(15-11-19)22-8-12-30-13-9-22)6-7-25(26)34-28-31-18-23(29)27(35-28)33-24-5-3-2-4-21(24)17-32-40(37)38/h2-7,16,18-19,22,30,32H,8-15,17H2,1H3,(H,37,38)(H2,31,33,34,35)/p-1. The van der Waals surface area contributed by atoms with Gasteiger partial charge in [0.25, 0.3) is 0 Å². The van der Waals surface area contributed by atoms with Gasteiger partial charge in [0.05, 0.1) is 19.0 Å². The first-order chi connectivity index (χ1) is 19.5. The molecule has 10 nitrogen and oxygen atoms in total. The highest BCUT2D eigenvalue weighted by Crippen LogP contribution is 2.36. The van der Waals surface area contributed by atoms with Gasteiger partial charge in [-0.05, 0) is 87.1 Å². The second-order valence-corrected chi connectivity index (χ2v) is 11.3. The Morgan fingerprint density at radius 1 is 1.10 bits per heavy atom. The van der Waals surface area contributed by atoms with Crippen molar-refractivity contribution in [2.45, 2.75) is 44.2 Å². The average Bonchev–Trinajstić information content (AvgIpc) is 2.99. The number of anilines is 4. The Labute approximate surface area is 242 Å². The Bertz CT molecular complexity index is 1320. The second kappa shape index (κ2) is 13.7. The first-order valence-electron chi connectivity index (χ1n) is 13.6. The van der Waals surface area contributed by atoms with E-state index in [2.05, 4.69) is 47.7 Å². The summed E-state index contributed by atoms with van der Waals surface area (Å²) in [5.41, 5.74) is 3.47. The zero-order valence-corrected chi connectivity index (χ0v) is 24.1. The van der Waals surface area contributed by atoms with Crippen LogP contribution >= 0.6 is 11.6 Å². The van der Waals surface area contributed by atoms with Crippen LogP contribution in [0.3, 0.4) is 0 Å². The van der Waals surface area contributed by atoms with E-state index in [9.17, 15) is 8.76 Å². The molecule has 0 bridgehead atoms. The van der Waals surface area contributed by atoms with Crippen LogP contribution in [-0.2, 0) is 17.8 Å². The molecule has 1 unspecified atom stereocenters. The van der Waals surface area contributed by atoms with E-state index in [1.54, 1.807) is 7.11 Å². The van der Waals surface area contributed by atoms with Crippen LogP contribution in [0.2, 0.25) is 5.02 Å². The normalized spacial score (nSPS) is 17.9. The van der Waals surface area contributed by atoms with Crippen molar-refractivity contribution in [3.8, 4) is 5.75 Å². The van der Waals surface area contributed by atoms with Crippen molar-refractivity contribution in [3.63, 3.8) is 0 Å². The highest BCUT2D eigenvalue weighted by atomic mass is 35.5. The topological polar surface area (TPSA) is 127 Å². The summed E-state index contributed by atoms with van der Waals surface area (Å²) in [5.74, 6) is 1.99. The van der Waals surface area contributed by atoms with Gasteiger partial charge in [0, 0.05) is 29.5 Å². The molecule has 214 valence electrons. The molecule has 2 saturated heterocycles. The maximum absolute atomic E-state index is 11.0. The minimum absolute atomic E-state index is 0.133. The average molecular weight is 585 g/mol. The highest BCUT2D eigenvalue weighted by Gasteiger charge is 2.27. The lowest BCUT2D eigenvalue weighted by Crippen LogP contribution is -2.46. The van der Waals surface area contributed by atoms with Gasteiger partial charge in [0.2, 0.25) is 5.95 Å². The molecule has 3 heterocycles. The van der Waals surface area contributed by atoms with Crippen LogP contribution in [-0.4, -0.2) is 63.0 Å². The molecular weight excluding hydrogens is 550 g/mol. The van der Waals surface area contributed by atoms with Crippen molar-refractivity contribution in [2.24, 2.45) is 0 Å². The number of nitrogens with zero attached hydrogens (tertiary/aromatic N) is 3. The van der Waals surface area contributed by atoms with Gasteiger partial charge in [-0.25, -0.2) is 9.71 Å². The first kappa shape index (κ1) is 28.7. The first-order valence-corrected chi connectivity index (χ1v) is 15.1. The highest BCUT2D eigenvalue weighted by molar-refractivity contribution is 7.77. The number of para-hydroxylation sites is 1. The molecule has 3 aromatic rings. The van der Waals surface area contributed by atoms with Gasteiger partial charge in [0.1, 0.15) is 10.8 Å². The summed E-state index contributed by atoms with van der Waals surface area (Å²) in [7, 11) is 1.67. The van der Waals surface area contributed by atoms with Crippen molar-refractivity contribution in [2.75, 3.05) is 43.9 Å². The molecule has 1 atom stereocenters. The second-order valence-electron chi connectivity index (χ2n) is 10.1. The number of piperidine rings is 2. The van der Waals surface area contributed by atoms with Crippen molar-refractivity contribution in [1.82, 2.24) is 24.9 Å². The molecular formula is C28H35ClN7O3S-. The molecule has 12 heteroatoms. The van der Waals surface area contributed by atoms with E-state index in [4.69, 9.17) is 16.3 Å². The largest absolute Gasteiger partial charge is 0.760 e. The van der Waals surface area contributed by atoms with Crippen LogP contribution in [0.25, 0.3) is 0 Å². The van der Waals surface area contributed by atoms with Gasteiger partial charge in [0.15, 0.2) is 5.82 Å². The minimum Gasteiger partial charge on any atom is -0.760 e. The summed E-state index contributed by atoms with van der Waals surface area (Å²) in [6, 6.07) is 14.3. The molecule has 0 radical (unpaired) electrons. The monoisotopic (exact) mass is 584 g/mol. The summed E-state index contributed by atoms with van der Waals surface area (Å²) in [6.07, 6.45) is 6.31. The quantitative estimate of drug-likeness (QED) is 0.256. The summed E-state index contributed by atoms with van der Waals surface area (Å²) in [5, 5.41) is 10.2. The zero-order valence-electron chi connectivity index (χ0n) is 22.5. The van der Waals surface area contributed by atoms with Crippen LogP contribution in [0.5, 0.6) is 5.75 Å². The molecule has 0 saturated carbocycles. The smallest absolute Gasteiger partial charge is 0.229 e. The van der Waals surface area contributed by atoms with E-state index in [0.717, 1.165) is 62.1 Å². The maximum Gasteiger partial charge on any atom is 0.229 e. The molecule has 2 aliphatic rings. The van der Waals surface area contributed by atoms with E-state index in [1.165, 1.54) is 24.6 Å². The number of methoxy groups -OCH3 is 1. The number of rotatable bonds is 10. The molecule has 0 aliphatic carbocycles. The van der Waals surface area contributed by atoms with Crippen LogP contribution in [0.4, 0.5) is 23.1 Å². The maximum atomic E-state index is 11.0. The van der Waals surface area contributed by atoms with E-state index in [0.29, 0.717) is 28.4 Å². The fraction of sp³-hybridized carbons (Fsp3) is 0.429. The molecule has 40 heavy (non-hydrogen) atoms. The van der Waals surface area contributed by atoms with E-state index in [-0.39, 0.29) is 6.54 Å². The van der Waals surface area contributed by atoms with Gasteiger partial charge < -0.3 is 30.1 Å². The SMILES string of the molecule is COc1cc(C2CCN(C3CCNCC3)CC2)ccc1Nc1ncc(Cl)c(Nc2ccccc2CNS(=O)[O-])n1. The summed E-state index contributed by atoms with van der Waals surface area (Å²) in [6.45, 7) is 4.66. The van der Waals surface area contributed by atoms with Gasteiger partial charge >= 0.3 is 0 Å². The Kier molecular flexibility index (Phi) is 9.84. The third kappa shape index (κ3) is 7.28. The fourth-order valence-corrected chi connectivity index (χ4v) is 5.94. The number of aromatic nitrogens is 2. The summed E-state index contributed by atoms with van der Waals surface area (Å²) in [4.78, 5) is 11.6. The minimum atomic E-state index is -2.37. The molecule has 2 aromatic carbocycles. The number of nitrogens with one attached hydrogen (secondary N) is 4. The lowest BCUT2D eigenvalue weighted by molar-refractivity contribution is 0.127. The molecule has 5 rings (SSSR count). The predicted octanol–water partition coefficient (Wildman–Crippen LogP) is 4.44. The number of ether oxygens (including phenoxy) is 1. The molecule has 0 amide bonds. The van der Waals surface area contributed by atoms with Gasteiger partial charge in [-0.15, -0.1) is 0 Å². The fourth-order valence-electron chi connectivity index (χ4n) is 5.53. The third-order valence-corrected chi connectivity index (χ3v) is 8.35. The predicted molar refractivity (Wildman–Crippen MR) is 158 cm³/mol. The van der Waals surface area contributed by atoms with E-state index >= 15 is 0 Å². The lowest BCUT2D eigenvalue weighted by atomic mass is 9.88. The summed E-state index contributed by atoms with van der Waals surface area (Å²) < 4.78 is 30.0. The van der Waals surface area contributed by atoms with Crippen LogP contribution in [0, 0.1) is 0 Å². The molecule has 1 aromatic heterocycles. The Morgan fingerprint density at radius 3 is 2.62 bits per heavy atom. The van der Waals surface area contributed by atoms with Crippen molar-refractivity contribution < 1.29 is 13.5 Å². The van der Waals surface area contributed by atoms with E-state index in [1.807, 2.05) is 30.3 Å². The van der Waals surface area contributed by atoms with E-state index < -0.39 is 11.3 Å². The molecule has 4 N–H and O–H groups in total. The molecule has 2 aliphatic heterocycles.